The Morgan fingerprint density at radius 1 is 0.810 bits per heavy atom. The summed E-state index contributed by atoms with van der Waals surface area (Å²) in [5.41, 5.74) is 2.38. The normalized spacial score (nSPS) is 15.8. The molecule has 0 radical (unpaired) electrons. The predicted octanol–water partition coefficient (Wildman–Crippen LogP) is 4.58. The third kappa shape index (κ3) is 3.27. The third-order valence-corrected chi connectivity index (χ3v) is 3.85. The maximum atomic E-state index is 12.5. The molecule has 0 spiro atoms. The van der Waals surface area contributed by atoms with Gasteiger partial charge in [-0.15, -0.1) is 0 Å². The van der Waals surface area contributed by atoms with Crippen molar-refractivity contribution < 1.29 is 13.2 Å². The smallest absolute Gasteiger partial charge is 0.299 e. The number of rotatable bonds is 3. The molecular formula is C17H16F3N. The second kappa shape index (κ2) is 5.53. The summed E-state index contributed by atoms with van der Waals surface area (Å²) in [6.45, 7) is 3.26. The van der Waals surface area contributed by atoms with Crippen LogP contribution < -0.4 is 0 Å². The number of hydrogen-bond donors (Lipinski definition) is 0. The van der Waals surface area contributed by atoms with E-state index in [2.05, 4.69) is 4.90 Å². The molecule has 0 aliphatic carbocycles. The largest absolute Gasteiger partial charge is 0.416 e. The highest BCUT2D eigenvalue weighted by Gasteiger charge is 2.29. The van der Waals surface area contributed by atoms with E-state index in [-0.39, 0.29) is 0 Å². The van der Waals surface area contributed by atoms with Crippen molar-refractivity contribution in [3.63, 3.8) is 0 Å². The van der Waals surface area contributed by atoms with E-state index in [0.717, 1.165) is 42.9 Å². The molecule has 1 nitrogen and oxygen atoms in total. The lowest BCUT2D eigenvalue weighted by molar-refractivity contribution is -0.137. The Kier molecular flexibility index (Phi) is 3.72. The summed E-state index contributed by atoms with van der Waals surface area (Å²) in [6, 6.07) is 13.3. The van der Waals surface area contributed by atoms with Crippen LogP contribution in [-0.2, 0) is 12.7 Å². The lowest BCUT2D eigenvalue weighted by Crippen LogP contribution is -2.36. The van der Waals surface area contributed by atoms with Crippen LogP contribution in [0.4, 0.5) is 13.2 Å². The monoisotopic (exact) mass is 291 g/mol. The van der Waals surface area contributed by atoms with Gasteiger partial charge in [0.15, 0.2) is 0 Å². The maximum absolute atomic E-state index is 12.5. The van der Waals surface area contributed by atoms with Crippen LogP contribution in [-0.4, -0.2) is 18.0 Å². The Morgan fingerprint density at radius 2 is 1.33 bits per heavy atom. The number of likely N-dealkylation sites (tertiary alicyclic amines) is 1. The van der Waals surface area contributed by atoms with Gasteiger partial charge >= 0.3 is 6.18 Å². The SMILES string of the molecule is FC(F)(F)c1ccc(-c2ccc(CN3CCC3)cc2)cc1. The molecule has 0 atom stereocenters. The number of benzene rings is 2. The number of alkyl halides is 3. The van der Waals surface area contributed by atoms with Crippen LogP contribution in [0.25, 0.3) is 11.1 Å². The second-order valence-corrected chi connectivity index (χ2v) is 5.40. The highest BCUT2D eigenvalue weighted by atomic mass is 19.4. The van der Waals surface area contributed by atoms with E-state index < -0.39 is 11.7 Å². The van der Waals surface area contributed by atoms with E-state index >= 15 is 0 Å². The Labute approximate surface area is 122 Å². The fourth-order valence-electron chi connectivity index (χ4n) is 2.45. The first kappa shape index (κ1) is 14.1. The zero-order valence-corrected chi connectivity index (χ0v) is 11.5. The first-order valence-corrected chi connectivity index (χ1v) is 7.01. The zero-order chi connectivity index (χ0) is 14.9. The molecular weight excluding hydrogens is 275 g/mol. The van der Waals surface area contributed by atoms with Gasteiger partial charge in [0.05, 0.1) is 5.56 Å². The summed E-state index contributed by atoms with van der Waals surface area (Å²) in [5, 5.41) is 0. The van der Waals surface area contributed by atoms with Crippen molar-refractivity contribution in [3.8, 4) is 11.1 Å². The Bertz CT molecular complexity index is 595. The maximum Gasteiger partial charge on any atom is 0.416 e. The van der Waals surface area contributed by atoms with E-state index in [1.165, 1.54) is 24.1 Å². The summed E-state index contributed by atoms with van der Waals surface area (Å²) >= 11 is 0. The van der Waals surface area contributed by atoms with Crippen molar-refractivity contribution in [1.82, 2.24) is 4.90 Å². The van der Waals surface area contributed by atoms with Gasteiger partial charge in [-0.25, -0.2) is 0 Å². The van der Waals surface area contributed by atoms with Crippen LogP contribution in [0.2, 0.25) is 0 Å². The van der Waals surface area contributed by atoms with Gasteiger partial charge in [0.2, 0.25) is 0 Å². The van der Waals surface area contributed by atoms with Crippen molar-refractivity contribution >= 4 is 0 Å². The number of nitrogens with zero attached hydrogens (tertiary/aromatic N) is 1. The van der Waals surface area contributed by atoms with Crippen molar-refractivity contribution in [2.45, 2.75) is 19.1 Å². The summed E-state index contributed by atoms with van der Waals surface area (Å²) < 4.78 is 37.6. The molecule has 21 heavy (non-hydrogen) atoms. The lowest BCUT2D eigenvalue weighted by Gasteiger charge is -2.30. The van der Waals surface area contributed by atoms with Crippen molar-refractivity contribution in [3.05, 3.63) is 59.7 Å². The van der Waals surface area contributed by atoms with Crippen LogP contribution in [0.3, 0.4) is 0 Å². The molecule has 110 valence electrons. The fraction of sp³-hybridized carbons (Fsp3) is 0.294. The highest BCUT2D eigenvalue weighted by molar-refractivity contribution is 5.64. The van der Waals surface area contributed by atoms with Gasteiger partial charge in [-0.3, -0.25) is 4.90 Å². The van der Waals surface area contributed by atoms with Crippen LogP contribution in [0.1, 0.15) is 17.5 Å². The molecule has 0 bridgehead atoms. The first-order valence-electron chi connectivity index (χ1n) is 7.01. The third-order valence-electron chi connectivity index (χ3n) is 3.85. The molecule has 0 aromatic heterocycles. The molecule has 2 aromatic carbocycles. The molecule has 1 fully saturated rings. The van der Waals surface area contributed by atoms with Crippen molar-refractivity contribution in [2.75, 3.05) is 13.1 Å². The summed E-state index contributed by atoms with van der Waals surface area (Å²) in [6.07, 6.45) is -3.01. The fourth-order valence-corrected chi connectivity index (χ4v) is 2.45. The van der Waals surface area contributed by atoms with Crippen molar-refractivity contribution in [2.24, 2.45) is 0 Å². The minimum Gasteiger partial charge on any atom is -0.299 e. The molecule has 1 aliphatic heterocycles. The first-order chi connectivity index (χ1) is 10.0. The van der Waals surface area contributed by atoms with E-state index in [4.69, 9.17) is 0 Å². The van der Waals surface area contributed by atoms with E-state index in [1.807, 2.05) is 24.3 Å². The molecule has 2 aromatic rings. The standard InChI is InChI=1S/C17H16F3N/c18-17(19,20)16-8-6-15(7-9-16)14-4-2-13(3-5-14)12-21-10-1-11-21/h2-9H,1,10-12H2. The number of hydrogen-bond acceptors (Lipinski definition) is 1. The minimum atomic E-state index is -4.28. The average molecular weight is 291 g/mol. The summed E-state index contributed by atoms with van der Waals surface area (Å²) in [7, 11) is 0. The van der Waals surface area contributed by atoms with Gasteiger partial charge in [0.1, 0.15) is 0 Å². The van der Waals surface area contributed by atoms with E-state index in [1.54, 1.807) is 0 Å². The molecule has 0 unspecified atom stereocenters. The number of halogens is 3. The summed E-state index contributed by atoms with van der Waals surface area (Å²) in [4.78, 5) is 2.37. The van der Waals surface area contributed by atoms with Gasteiger partial charge < -0.3 is 0 Å². The second-order valence-electron chi connectivity index (χ2n) is 5.40. The van der Waals surface area contributed by atoms with Gasteiger partial charge in [-0.1, -0.05) is 36.4 Å². The Balaban J connectivity index is 1.74. The summed E-state index contributed by atoms with van der Waals surface area (Å²) in [5.74, 6) is 0. The van der Waals surface area contributed by atoms with Gasteiger partial charge in [0.25, 0.3) is 0 Å². The molecule has 1 heterocycles. The van der Waals surface area contributed by atoms with Crippen LogP contribution in [0.15, 0.2) is 48.5 Å². The minimum absolute atomic E-state index is 0.611. The Hall–Kier alpha value is -1.81. The lowest BCUT2D eigenvalue weighted by atomic mass is 10.0. The van der Waals surface area contributed by atoms with E-state index in [9.17, 15) is 13.2 Å². The molecule has 1 aliphatic rings. The quantitative estimate of drug-likeness (QED) is 0.800. The zero-order valence-electron chi connectivity index (χ0n) is 11.5. The highest BCUT2D eigenvalue weighted by Crippen LogP contribution is 2.31. The van der Waals surface area contributed by atoms with Crippen LogP contribution >= 0.6 is 0 Å². The molecule has 0 saturated carbocycles. The molecule has 1 saturated heterocycles. The molecule has 0 amide bonds. The topological polar surface area (TPSA) is 3.24 Å². The van der Waals surface area contributed by atoms with Gasteiger partial charge in [-0.2, -0.15) is 13.2 Å². The predicted molar refractivity (Wildman–Crippen MR) is 76.8 cm³/mol. The van der Waals surface area contributed by atoms with Crippen LogP contribution in [0, 0.1) is 0 Å². The molecule has 0 N–H and O–H groups in total. The Morgan fingerprint density at radius 3 is 1.76 bits per heavy atom. The molecule has 3 rings (SSSR count). The van der Waals surface area contributed by atoms with Gasteiger partial charge in [0, 0.05) is 6.54 Å². The molecule has 4 heteroatoms. The van der Waals surface area contributed by atoms with Gasteiger partial charge in [-0.05, 0) is 48.3 Å². The average Bonchev–Trinajstić information content (AvgIpc) is 2.43. The van der Waals surface area contributed by atoms with E-state index in [0.29, 0.717) is 0 Å². The van der Waals surface area contributed by atoms with Crippen LogP contribution in [0.5, 0.6) is 0 Å². The van der Waals surface area contributed by atoms with Crippen molar-refractivity contribution in [1.29, 1.82) is 0 Å².